The third kappa shape index (κ3) is 7.79. The van der Waals surface area contributed by atoms with Gasteiger partial charge < -0.3 is 30.6 Å². The van der Waals surface area contributed by atoms with Crippen molar-refractivity contribution < 1.29 is 23.8 Å². The van der Waals surface area contributed by atoms with Gasteiger partial charge in [0.2, 0.25) is 0 Å². The van der Waals surface area contributed by atoms with Crippen LogP contribution in [0.4, 0.5) is 15.3 Å². The Kier molecular flexibility index (Phi) is 8.12. The summed E-state index contributed by atoms with van der Waals surface area (Å²) in [6.45, 7) is 1.83. The zero-order valence-corrected chi connectivity index (χ0v) is 13.2. The van der Waals surface area contributed by atoms with E-state index in [0.29, 0.717) is 25.9 Å². The molecular formula is C15H23N3O5. The molecule has 0 heterocycles. The van der Waals surface area contributed by atoms with Gasteiger partial charge in [0.25, 0.3) is 0 Å². The van der Waals surface area contributed by atoms with E-state index in [-0.39, 0.29) is 13.2 Å². The highest BCUT2D eigenvalue weighted by Gasteiger charge is 2.08. The first-order chi connectivity index (χ1) is 11.0. The van der Waals surface area contributed by atoms with Crippen molar-refractivity contribution in [2.75, 3.05) is 38.3 Å². The van der Waals surface area contributed by atoms with Gasteiger partial charge in [0.1, 0.15) is 5.75 Å². The molecule has 0 fully saturated rings. The van der Waals surface area contributed by atoms with Crippen LogP contribution in [0.3, 0.4) is 0 Å². The Bertz CT molecular complexity index is 470. The van der Waals surface area contributed by atoms with Gasteiger partial charge >= 0.3 is 12.2 Å². The van der Waals surface area contributed by atoms with Crippen molar-refractivity contribution in [3.63, 3.8) is 0 Å². The smallest absolute Gasteiger partial charge is 0.404 e. The van der Waals surface area contributed by atoms with Crippen molar-refractivity contribution in [3.05, 3.63) is 24.3 Å². The minimum absolute atomic E-state index is 0.250. The van der Waals surface area contributed by atoms with Gasteiger partial charge in [0.15, 0.2) is 0 Å². The summed E-state index contributed by atoms with van der Waals surface area (Å²) in [5, 5.41) is 0. The average Bonchev–Trinajstić information content (AvgIpc) is 2.53. The maximum Gasteiger partial charge on any atom is 0.404 e. The number of nitrogens with two attached hydrogens (primary N) is 2. The molecule has 0 radical (unpaired) electrons. The maximum absolute atomic E-state index is 10.6. The van der Waals surface area contributed by atoms with Crippen molar-refractivity contribution in [1.82, 2.24) is 0 Å². The molecule has 0 aliphatic carbocycles. The fourth-order valence-corrected chi connectivity index (χ4v) is 2.02. The highest BCUT2D eigenvalue weighted by atomic mass is 16.5. The number of ether oxygens (including phenoxy) is 3. The first kappa shape index (κ1) is 18.4. The molecule has 0 spiro atoms. The Morgan fingerprint density at radius 3 is 1.83 bits per heavy atom. The van der Waals surface area contributed by atoms with E-state index < -0.39 is 12.2 Å². The molecule has 0 aromatic heterocycles. The van der Waals surface area contributed by atoms with Gasteiger partial charge in [-0.1, -0.05) is 0 Å². The standard InChI is InChI=1S/C15H23N3O5/c1-21-13-6-4-12(5-7-13)18(8-2-10-22-14(16)19)9-3-11-23-15(17)20/h4-7H,2-3,8-11H2,1H3,(H2,16,19)(H2,17,20). The number of primary amides is 2. The van der Waals surface area contributed by atoms with Crippen LogP contribution >= 0.6 is 0 Å². The Morgan fingerprint density at radius 2 is 1.43 bits per heavy atom. The highest BCUT2D eigenvalue weighted by molar-refractivity contribution is 5.64. The lowest BCUT2D eigenvalue weighted by Gasteiger charge is -2.25. The van der Waals surface area contributed by atoms with E-state index in [9.17, 15) is 9.59 Å². The van der Waals surface area contributed by atoms with Crippen LogP contribution in [0, 0.1) is 0 Å². The van der Waals surface area contributed by atoms with E-state index in [1.54, 1.807) is 7.11 Å². The normalized spacial score (nSPS) is 9.96. The van der Waals surface area contributed by atoms with Crippen LogP contribution in [-0.4, -0.2) is 45.6 Å². The van der Waals surface area contributed by atoms with Crippen LogP contribution in [0.15, 0.2) is 24.3 Å². The van der Waals surface area contributed by atoms with Crippen molar-refractivity contribution in [2.45, 2.75) is 12.8 Å². The molecule has 1 aromatic rings. The molecule has 128 valence electrons. The third-order valence-corrected chi connectivity index (χ3v) is 3.07. The summed E-state index contributed by atoms with van der Waals surface area (Å²) in [7, 11) is 1.61. The van der Waals surface area contributed by atoms with E-state index in [1.165, 1.54) is 0 Å². The van der Waals surface area contributed by atoms with Crippen LogP contribution in [0.5, 0.6) is 5.75 Å². The number of hydrogen-bond acceptors (Lipinski definition) is 6. The minimum atomic E-state index is -0.782. The molecular weight excluding hydrogens is 302 g/mol. The fraction of sp³-hybridized carbons (Fsp3) is 0.467. The predicted molar refractivity (Wildman–Crippen MR) is 85.5 cm³/mol. The molecule has 0 saturated carbocycles. The van der Waals surface area contributed by atoms with Gasteiger partial charge in [-0.25, -0.2) is 9.59 Å². The molecule has 1 aromatic carbocycles. The molecule has 1 rings (SSSR count). The van der Waals surface area contributed by atoms with Gasteiger partial charge in [0.05, 0.1) is 20.3 Å². The van der Waals surface area contributed by atoms with Crippen LogP contribution < -0.4 is 21.1 Å². The third-order valence-electron chi connectivity index (χ3n) is 3.07. The molecule has 0 atom stereocenters. The minimum Gasteiger partial charge on any atom is -0.497 e. The number of nitrogens with zero attached hydrogens (tertiary/aromatic N) is 1. The number of carbonyl (C=O) groups is 2. The van der Waals surface area contributed by atoms with Crippen LogP contribution in [0.2, 0.25) is 0 Å². The molecule has 0 bridgehead atoms. The SMILES string of the molecule is COc1ccc(N(CCCOC(N)=O)CCCOC(N)=O)cc1. The number of carbonyl (C=O) groups excluding carboxylic acids is 2. The summed E-state index contributed by atoms with van der Waals surface area (Å²) in [5.74, 6) is 0.767. The molecule has 0 aliphatic heterocycles. The van der Waals surface area contributed by atoms with Gasteiger partial charge in [-0.3, -0.25) is 0 Å². The number of methoxy groups -OCH3 is 1. The molecule has 2 amide bonds. The number of hydrogen-bond donors (Lipinski definition) is 2. The van der Waals surface area contributed by atoms with E-state index >= 15 is 0 Å². The summed E-state index contributed by atoms with van der Waals surface area (Å²) in [5.41, 5.74) is 10.8. The van der Waals surface area contributed by atoms with E-state index in [2.05, 4.69) is 4.90 Å². The van der Waals surface area contributed by atoms with Crippen LogP contribution in [0.1, 0.15) is 12.8 Å². The molecule has 4 N–H and O–H groups in total. The van der Waals surface area contributed by atoms with Crippen molar-refractivity contribution in [2.24, 2.45) is 11.5 Å². The predicted octanol–water partition coefficient (Wildman–Crippen LogP) is 1.47. The lowest BCUT2D eigenvalue weighted by molar-refractivity contribution is 0.155. The summed E-state index contributed by atoms with van der Waals surface area (Å²) in [6.07, 6.45) is -0.302. The summed E-state index contributed by atoms with van der Waals surface area (Å²) >= 11 is 0. The molecule has 23 heavy (non-hydrogen) atoms. The van der Waals surface area contributed by atoms with Gasteiger partial charge in [-0.2, -0.15) is 0 Å². The number of amides is 2. The highest BCUT2D eigenvalue weighted by Crippen LogP contribution is 2.19. The maximum atomic E-state index is 10.6. The second-order valence-electron chi connectivity index (χ2n) is 4.73. The molecule has 0 unspecified atom stereocenters. The van der Waals surface area contributed by atoms with E-state index in [0.717, 1.165) is 11.4 Å². The Labute approximate surface area is 135 Å². The monoisotopic (exact) mass is 325 g/mol. The van der Waals surface area contributed by atoms with Crippen molar-refractivity contribution in [1.29, 1.82) is 0 Å². The van der Waals surface area contributed by atoms with Crippen molar-refractivity contribution >= 4 is 17.9 Å². The van der Waals surface area contributed by atoms with Gasteiger partial charge in [-0.05, 0) is 37.1 Å². The zero-order valence-electron chi connectivity index (χ0n) is 13.2. The molecule has 0 saturated heterocycles. The lowest BCUT2D eigenvalue weighted by Crippen LogP contribution is -2.28. The van der Waals surface area contributed by atoms with Gasteiger partial charge in [0, 0.05) is 18.8 Å². The summed E-state index contributed by atoms with van der Waals surface area (Å²) in [4.78, 5) is 23.2. The number of anilines is 1. The van der Waals surface area contributed by atoms with E-state index in [4.69, 9.17) is 25.7 Å². The topological polar surface area (TPSA) is 117 Å². The van der Waals surface area contributed by atoms with E-state index in [1.807, 2.05) is 24.3 Å². The second kappa shape index (κ2) is 10.1. The number of rotatable bonds is 10. The second-order valence-corrected chi connectivity index (χ2v) is 4.73. The van der Waals surface area contributed by atoms with Gasteiger partial charge in [-0.15, -0.1) is 0 Å². The first-order valence-corrected chi connectivity index (χ1v) is 7.26. The molecule has 0 aliphatic rings. The van der Waals surface area contributed by atoms with Crippen LogP contribution in [0.25, 0.3) is 0 Å². The Morgan fingerprint density at radius 1 is 0.957 bits per heavy atom. The molecule has 8 nitrogen and oxygen atoms in total. The Hall–Kier alpha value is -2.64. The molecule has 8 heteroatoms. The lowest BCUT2D eigenvalue weighted by atomic mass is 10.2. The largest absolute Gasteiger partial charge is 0.497 e. The number of benzene rings is 1. The average molecular weight is 325 g/mol. The Balaban J connectivity index is 2.55. The van der Waals surface area contributed by atoms with Crippen molar-refractivity contribution in [3.8, 4) is 5.75 Å². The fourth-order valence-electron chi connectivity index (χ4n) is 2.02. The first-order valence-electron chi connectivity index (χ1n) is 7.26. The zero-order chi connectivity index (χ0) is 17.1. The summed E-state index contributed by atoms with van der Waals surface area (Å²) in [6, 6.07) is 7.59. The summed E-state index contributed by atoms with van der Waals surface area (Å²) < 4.78 is 14.6. The van der Waals surface area contributed by atoms with Crippen LogP contribution in [-0.2, 0) is 9.47 Å². The quantitative estimate of drug-likeness (QED) is 0.629.